The average molecular weight is 335 g/mol. The normalized spacial score (nSPS) is 14.8. The van der Waals surface area contributed by atoms with Crippen LogP contribution in [-0.4, -0.2) is 18.0 Å². The van der Waals surface area contributed by atoms with Gasteiger partial charge in [0.05, 0.1) is 5.56 Å². The number of nitrogens with one attached hydrogen (secondary N) is 1. The van der Waals surface area contributed by atoms with Gasteiger partial charge < -0.3 is 14.8 Å². The van der Waals surface area contributed by atoms with E-state index in [4.69, 9.17) is 4.74 Å². The molecule has 1 N–H and O–H groups in total. The first-order valence-corrected chi connectivity index (χ1v) is 6.63. The molecule has 4 nitrogen and oxygen atoms in total. The molecule has 0 aromatic heterocycles. The van der Waals surface area contributed by atoms with Crippen molar-refractivity contribution in [3.63, 3.8) is 0 Å². The summed E-state index contributed by atoms with van der Waals surface area (Å²) in [5, 5.41) is 2.10. The molecule has 0 radical (unpaired) electrons. The van der Waals surface area contributed by atoms with E-state index in [2.05, 4.69) is 5.32 Å². The number of aldehydes is 1. The van der Waals surface area contributed by atoms with Crippen molar-refractivity contribution in [2.75, 3.05) is 0 Å². The highest BCUT2D eigenvalue weighted by Crippen LogP contribution is 2.33. The summed E-state index contributed by atoms with van der Waals surface area (Å²) in [6.45, 7) is 5.78. The minimum atomic E-state index is -4.71. The summed E-state index contributed by atoms with van der Waals surface area (Å²) in [6.07, 6.45) is -5.61. The Morgan fingerprint density at radius 1 is 1.17 bits per heavy atom. The van der Waals surface area contributed by atoms with Crippen LogP contribution in [0.1, 0.15) is 38.8 Å². The average Bonchev–Trinajstić information content (AvgIpc) is 2.35. The van der Waals surface area contributed by atoms with Crippen LogP contribution >= 0.6 is 0 Å². The summed E-state index contributed by atoms with van der Waals surface area (Å²) in [5.74, 6) is -1.05. The molecule has 0 aliphatic carbocycles. The Morgan fingerprint density at radius 2 is 1.74 bits per heavy atom. The minimum absolute atomic E-state index is 0.148. The van der Waals surface area contributed by atoms with E-state index < -0.39 is 40.4 Å². The van der Waals surface area contributed by atoms with E-state index >= 15 is 0 Å². The van der Waals surface area contributed by atoms with E-state index in [1.807, 2.05) is 0 Å². The number of alkyl carbamates (subject to hydrolysis) is 1. The second-order valence-electron chi connectivity index (χ2n) is 6.14. The minimum Gasteiger partial charge on any atom is -0.444 e. The van der Waals surface area contributed by atoms with Gasteiger partial charge in [0.15, 0.2) is 0 Å². The predicted molar refractivity (Wildman–Crippen MR) is 74.2 cm³/mol. The van der Waals surface area contributed by atoms with E-state index in [0.29, 0.717) is 18.2 Å². The van der Waals surface area contributed by atoms with Gasteiger partial charge >= 0.3 is 12.3 Å². The molecule has 0 spiro atoms. The Balaban J connectivity index is 3.23. The van der Waals surface area contributed by atoms with Crippen molar-refractivity contribution >= 4 is 12.4 Å². The fraction of sp³-hybridized carbons (Fsp3) is 0.467. The molecular formula is C15H17F4NO3. The first-order chi connectivity index (χ1) is 10.3. The van der Waals surface area contributed by atoms with Crippen LogP contribution in [0, 0.1) is 5.82 Å². The maximum atomic E-state index is 13.9. The zero-order chi connectivity index (χ0) is 18.1. The molecule has 0 aliphatic rings. The molecule has 1 aromatic carbocycles. The number of hydrogen-bond donors (Lipinski definition) is 1. The zero-order valence-corrected chi connectivity index (χ0v) is 13.0. The Labute approximate surface area is 130 Å². The highest BCUT2D eigenvalue weighted by molar-refractivity contribution is 5.78. The lowest BCUT2D eigenvalue weighted by Crippen LogP contribution is -2.47. The molecule has 0 saturated carbocycles. The number of amides is 1. The van der Waals surface area contributed by atoms with E-state index in [1.54, 1.807) is 20.8 Å². The molecule has 0 aliphatic heterocycles. The fourth-order valence-electron chi connectivity index (χ4n) is 1.78. The second kappa shape index (κ2) is 6.17. The lowest BCUT2D eigenvalue weighted by atomic mass is 9.91. The number of ether oxygens (including phenoxy) is 1. The number of carbonyl (C=O) groups is 2. The summed E-state index contributed by atoms with van der Waals surface area (Å²) in [7, 11) is 0. The Hall–Kier alpha value is -2.12. The van der Waals surface area contributed by atoms with Crippen LogP contribution in [0.15, 0.2) is 18.2 Å². The summed E-state index contributed by atoms with van der Waals surface area (Å²) >= 11 is 0. The number of hydrogen-bond acceptors (Lipinski definition) is 3. The van der Waals surface area contributed by atoms with Crippen molar-refractivity contribution < 1.29 is 31.9 Å². The molecule has 1 unspecified atom stereocenters. The lowest BCUT2D eigenvalue weighted by Gasteiger charge is -2.28. The quantitative estimate of drug-likeness (QED) is 0.675. The molecule has 1 aromatic rings. The van der Waals surface area contributed by atoms with Gasteiger partial charge in [0.1, 0.15) is 23.2 Å². The van der Waals surface area contributed by atoms with Gasteiger partial charge in [-0.1, -0.05) is 0 Å². The standard InChI is InChI=1S/C15H17F4NO3/c1-13(2,3)23-12(22)20-14(4,8-21)10-7-9(15(17,18)19)5-6-11(10)16/h5-8H,1-4H3,(H,20,22). The van der Waals surface area contributed by atoms with Crippen molar-refractivity contribution in [3.05, 3.63) is 35.1 Å². The van der Waals surface area contributed by atoms with Crippen molar-refractivity contribution in [1.82, 2.24) is 5.32 Å². The van der Waals surface area contributed by atoms with Gasteiger partial charge in [-0.3, -0.25) is 0 Å². The van der Waals surface area contributed by atoms with Crippen LogP contribution in [0.4, 0.5) is 22.4 Å². The van der Waals surface area contributed by atoms with Gasteiger partial charge in [-0.2, -0.15) is 13.2 Å². The van der Waals surface area contributed by atoms with E-state index in [1.165, 1.54) is 0 Å². The van der Waals surface area contributed by atoms with Gasteiger partial charge in [0.2, 0.25) is 0 Å². The Morgan fingerprint density at radius 3 is 2.17 bits per heavy atom. The number of halogens is 4. The maximum absolute atomic E-state index is 13.9. The fourth-order valence-corrected chi connectivity index (χ4v) is 1.78. The molecule has 1 atom stereocenters. The van der Waals surface area contributed by atoms with Crippen LogP contribution in [0.3, 0.4) is 0 Å². The molecule has 1 rings (SSSR count). The SMILES string of the molecule is CC(C)(C)OC(=O)NC(C)(C=O)c1cc(C(F)(F)F)ccc1F. The third kappa shape index (κ3) is 4.94. The predicted octanol–water partition coefficient (Wildman–Crippen LogP) is 3.78. The first-order valence-electron chi connectivity index (χ1n) is 6.63. The van der Waals surface area contributed by atoms with E-state index in [-0.39, 0.29) is 6.29 Å². The van der Waals surface area contributed by atoms with E-state index in [0.717, 1.165) is 6.92 Å². The molecule has 1 amide bonds. The Bertz CT molecular complexity index is 608. The van der Waals surface area contributed by atoms with Crippen LogP contribution < -0.4 is 5.32 Å². The molecule has 8 heteroatoms. The number of alkyl halides is 3. The first kappa shape index (κ1) is 18.9. The summed E-state index contributed by atoms with van der Waals surface area (Å²) in [6, 6.07) is 1.63. The topological polar surface area (TPSA) is 55.4 Å². The van der Waals surface area contributed by atoms with Crippen molar-refractivity contribution in [3.8, 4) is 0 Å². The molecular weight excluding hydrogens is 318 g/mol. The zero-order valence-electron chi connectivity index (χ0n) is 13.0. The van der Waals surface area contributed by atoms with Gasteiger partial charge in [0, 0.05) is 5.56 Å². The summed E-state index contributed by atoms with van der Waals surface area (Å²) in [4.78, 5) is 23.1. The molecule has 0 heterocycles. The number of benzene rings is 1. The third-order valence-corrected chi connectivity index (χ3v) is 2.85. The molecule has 0 saturated heterocycles. The van der Waals surface area contributed by atoms with Crippen LogP contribution in [-0.2, 0) is 21.2 Å². The lowest BCUT2D eigenvalue weighted by molar-refractivity contribution is -0.137. The Kier molecular flexibility index (Phi) is 5.08. The number of rotatable bonds is 3. The number of carbonyl (C=O) groups excluding carboxylic acids is 2. The van der Waals surface area contributed by atoms with Crippen molar-refractivity contribution in [2.24, 2.45) is 0 Å². The molecule has 0 bridgehead atoms. The van der Waals surface area contributed by atoms with Crippen LogP contribution in [0.2, 0.25) is 0 Å². The highest BCUT2D eigenvalue weighted by atomic mass is 19.4. The smallest absolute Gasteiger partial charge is 0.416 e. The third-order valence-electron chi connectivity index (χ3n) is 2.85. The largest absolute Gasteiger partial charge is 0.444 e. The molecule has 23 heavy (non-hydrogen) atoms. The summed E-state index contributed by atoms with van der Waals surface area (Å²) in [5.41, 5.74) is -4.63. The molecule has 128 valence electrons. The van der Waals surface area contributed by atoms with Crippen molar-refractivity contribution in [2.45, 2.75) is 45.0 Å². The summed E-state index contributed by atoms with van der Waals surface area (Å²) < 4.78 is 57.1. The monoisotopic (exact) mass is 335 g/mol. The maximum Gasteiger partial charge on any atom is 0.416 e. The van der Waals surface area contributed by atoms with Gasteiger partial charge in [-0.25, -0.2) is 9.18 Å². The highest BCUT2D eigenvalue weighted by Gasteiger charge is 2.37. The van der Waals surface area contributed by atoms with E-state index in [9.17, 15) is 27.2 Å². The van der Waals surface area contributed by atoms with Crippen LogP contribution in [0.25, 0.3) is 0 Å². The van der Waals surface area contributed by atoms with Gasteiger partial charge in [-0.05, 0) is 45.9 Å². The van der Waals surface area contributed by atoms with Gasteiger partial charge in [0.25, 0.3) is 0 Å². The second-order valence-corrected chi connectivity index (χ2v) is 6.14. The van der Waals surface area contributed by atoms with Crippen LogP contribution in [0.5, 0.6) is 0 Å². The van der Waals surface area contributed by atoms with Gasteiger partial charge in [-0.15, -0.1) is 0 Å². The van der Waals surface area contributed by atoms with Crippen molar-refractivity contribution in [1.29, 1.82) is 0 Å². The molecule has 0 fully saturated rings.